The summed E-state index contributed by atoms with van der Waals surface area (Å²) >= 11 is 0. The third-order valence-electron chi connectivity index (χ3n) is 2.33. The Morgan fingerprint density at radius 3 is 2.12 bits per heavy atom. The van der Waals surface area contributed by atoms with Crippen LogP contribution in [0.4, 0.5) is 0 Å². The van der Waals surface area contributed by atoms with Crippen molar-refractivity contribution in [1.82, 2.24) is 4.98 Å². The van der Waals surface area contributed by atoms with E-state index in [0.717, 1.165) is 5.69 Å². The molecule has 0 unspecified atom stereocenters. The molecule has 0 amide bonds. The van der Waals surface area contributed by atoms with E-state index in [9.17, 15) is 0 Å². The predicted octanol–water partition coefficient (Wildman–Crippen LogP) is 4.79. The van der Waals surface area contributed by atoms with E-state index in [1.54, 1.807) is 0 Å². The maximum atomic E-state index is 4.41. The van der Waals surface area contributed by atoms with Gasteiger partial charge in [0.1, 0.15) is 0 Å². The SMILES string of the molecule is C/C=C(C)\C(=C/C)c1ccc(C)cn1.CC. The standard InChI is InChI=1S/C13H17N.C2H6/c1-5-11(4)12(6-2)13-8-7-10(3)9-14-13;1-2/h5-9H,1-4H3;1-2H3/b11-5-,12-6+;. The second-order valence-corrected chi connectivity index (χ2v) is 3.39. The zero-order chi connectivity index (χ0) is 12.6. The Morgan fingerprint density at radius 2 is 1.75 bits per heavy atom. The van der Waals surface area contributed by atoms with Crippen LogP contribution < -0.4 is 0 Å². The molecule has 0 aliphatic carbocycles. The second kappa shape index (κ2) is 7.86. The van der Waals surface area contributed by atoms with Crippen molar-refractivity contribution in [3.8, 4) is 0 Å². The summed E-state index contributed by atoms with van der Waals surface area (Å²) in [6.07, 6.45) is 6.12. The van der Waals surface area contributed by atoms with Crippen molar-refractivity contribution in [3.63, 3.8) is 0 Å². The topological polar surface area (TPSA) is 12.9 Å². The van der Waals surface area contributed by atoms with E-state index in [1.165, 1.54) is 16.7 Å². The number of rotatable bonds is 2. The summed E-state index contributed by atoms with van der Waals surface area (Å²) in [4.78, 5) is 4.41. The number of allylic oxidation sites excluding steroid dienone is 4. The minimum atomic E-state index is 1.05. The fraction of sp³-hybridized carbons (Fsp3) is 0.400. The molecule has 88 valence electrons. The molecule has 0 fully saturated rings. The maximum Gasteiger partial charge on any atom is 0.0701 e. The molecule has 1 rings (SSSR count). The van der Waals surface area contributed by atoms with Gasteiger partial charge in [-0.15, -0.1) is 0 Å². The van der Waals surface area contributed by atoms with E-state index >= 15 is 0 Å². The third kappa shape index (κ3) is 4.01. The van der Waals surface area contributed by atoms with Crippen molar-refractivity contribution < 1.29 is 0 Å². The molecule has 0 radical (unpaired) electrons. The molecule has 1 heterocycles. The van der Waals surface area contributed by atoms with Crippen molar-refractivity contribution >= 4 is 5.57 Å². The van der Waals surface area contributed by atoms with E-state index in [0.29, 0.717) is 0 Å². The average molecular weight is 217 g/mol. The van der Waals surface area contributed by atoms with Gasteiger partial charge in [-0.25, -0.2) is 0 Å². The summed E-state index contributed by atoms with van der Waals surface area (Å²) in [5.41, 5.74) is 4.73. The molecule has 0 aliphatic rings. The maximum absolute atomic E-state index is 4.41. The molecule has 0 spiro atoms. The lowest BCUT2D eigenvalue weighted by molar-refractivity contribution is 1.22. The Hall–Kier alpha value is -1.37. The van der Waals surface area contributed by atoms with Gasteiger partial charge < -0.3 is 0 Å². The summed E-state index contributed by atoms with van der Waals surface area (Å²) in [5.74, 6) is 0. The van der Waals surface area contributed by atoms with Crippen LogP contribution in [0.5, 0.6) is 0 Å². The highest BCUT2D eigenvalue weighted by atomic mass is 14.7. The number of pyridine rings is 1. The van der Waals surface area contributed by atoms with E-state index in [4.69, 9.17) is 0 Å². The van der Waals surface area contributed by atoms with Crippen molar-refractivity contribution in [2.75, 3.05) is 0 Å². The van der Waals surface area contributed by atoms with Gasteiger partial charge in [0.2, 0.25) is 0 Å². The van der Waals surface area contributed by atoms with Crippen LogP contribution in [0.15, 0.2) is 36.1 Å². The molecule has 0 saturated carbocycles. The van der Waals surface area contributed by atoms with Crippen LogP contribution in [0.3, 0.4) is 0 Å². The Balaban J connectivity index is 0.00000106. The van der Waals surface area contributed by atoms with Crippen molar-refractivity contribution in [1.29, 1.82) is 0 Å². The van der Waals surface area contributed by atoms with E-state index in [1.807, 2.05) is 33.9 Å². The van der Waals surface area contributed by atoms with Gasteiger partial charge in [-0.2, -0.15) is 0 Å². The van der Waals surface area contributed by atoms with E-state index < -0.39 is 0 Å². The van der Waals surface area contributed by atoms with E-state index in [2.05, 4.69) is 43.1 Å². The Labute approximate surface area is 99.9 Å². The zero-order valence-electron chi connectivity index (χ0n) is 11.3. The molecule has 0 aliphatic heterocycles. The Kier molecular flexibility index (Phi) is 7.19. The molecule has 0 saturated heterocycles. The van der Waals surface area contributed by atoms with Gasteiger partial charge in [0.25, 0.3) is 0 Å². The normalized spacial score (nSPS) is 11.9. The first-order valence-electron chi connectivity index (χ1n) is 5.91. The largest absolute Gasteiger partial charge is 0.256 e. The summed E-state index contributed by atoms with van der Waals surface area (Å²) in [7, 11) is 0. The lowest BCUT2D eigenvalue weighted by Gasteiger charge is -2.06. The predicted molar refractivity (Wildman–Crippen MR) is 73.4 cm³/mol. The number of hydrogen-bond donors (Lipinski definition) is 0. The molecule has 0 atom stereocenters. The molecular weight excluding hydrogens is 194 g/mol. The van der Waals surface area contributed by atoms with Crippen LogP contribution >= 0.6 is 0 Å². The van der Waals surface area contributed by atoms with Crippen LogP contribution in [-0.4, -0.2) is 4.98 Å². The summed E-state index contributed by atoms with van der Waals surface area (Å²) in [6, 6.07) is 4.16. The number of hydrogen-bond acceptors (Lipinski definition) is 1. The molecule has 0 aromatic carbocycles. The lowest BCUT2D eigenvalue weighted by atomic mass is 10.0. The fourth-order valence-corrected chi connectivity index (χ4v) is 1.36. The quantitative estimate of drug-likeness (QED) is 0.649. The van der Waals surface area contributed by atoms with Crippen molar-refractivity contribution in [2.45, 2.75) is 41.5 Å². The van der Waals surface area contributed by atoms with Crippen LogP contribution in [0.2, 0.25) is 0 Å². The molecule has 0 N–H and O–H groups in total. The van der Waals surface area contributed by atoms with Gasteiger partial charge in [0, 0.05) is 6.20 Å². The highest BCUT2D eigenvalue weighted by Gasteiger charge is 2.02. The number of nitrogens with zero attached hydrogens (tertiary/aromatic N) is 1. The molecular formula is C15H23N. The molecule has 1 aromatic heterocycles. The molecule has 1 heteroatoms. The minimum absolute atomic E-state index is 1.05. The fourth-order valence-electron chi connectivity index (χ4n) is 1.36. The second-order valence-electron chi connectivity index (χ2n) is 3.39. The minimum Gasteiger partial charge on any atom is -0.256 e. The molecule has 0 bridgehead atoms. The Morgan fingerprint density at radius 1 is 1.12 bits per heavy atom. The highest BCUT2D eigenvalue weighted by molar-refractivity contribution is 5.75. The Bertz CT molecular complexity index is 356. The van der Waals surface area contributed by atoms with Crippen molar-refractivity contribution in [2.24, 2.45) is 0 Å². The lowest BCUT2D eigenvalue weighted by Crippen LogP contribution is -1.90. The van der Waals surface area contributed by atoms with Gasteiger partial charge in [-0.1, -0.05) is 32.1 Å². The zero-order valence-corrected chi connectivity index (χ0v) is 11.3. The third-order valence-corrected chi connectivity index (χ3v) is 2.33. The average Bonchev–Trinajstić information content (AvgIpc) is 2.34. The van der Waals surface area contributed by atoms with Gasteiger partial charge in [0.15, 0.2) is 0 Å². The van der Waals surface area contributed by atoms with Crippen LogP contribution in [0.1, 0.15) is 45.9 Å². The van der Waals surface area contributed by atoms with Crippen LogP contribution in [0.25, 0.3) is 5.57 Å². The smallest absolute Gasteiger partial charge is 0.0701 e. The molecule has 1 nitrogen and oxygen atoms in total. The van der Waals surface area contributed by atoms with E-state index in [-0.39, 0.29) is 0 Å². The first kappa shape index (κ1) is 14.6. The summed E-state index contributed by atoms with van der Waals surface area (Å²) in [5, 5.41) is 0. The highest BCUT2D eigenvalue weighted by Crippen LogP contribution is 2.20. The van der Waals surface area contributed by atoms with Gasteiger partial charge >= 0.3 is 0 Å². The summed E-state index contributed by atoms with van der Waals surface area (Å²) < 4.78 is 0. The molecule has 1 aromatic rings. The number of aryl methyl sites for hydroxylation is 1. The van der Waals surface area contributed by atoms with Gasteiger partial charge in [0.05, 0.1) is 5.69 Å². The summed E-state index contributed by atoms with van der Waals surface area (Å²) in [6.45, 7) is 12.3. The van der Waals surface area contributed by atoms with Crippen LogP contribution in [-0.2, 0) is 0 Å². The van der Waals surface area contributed by atoms with Crippen LogP contribution in [0, 0.1) is 6.92 Å². The van der Waals surface area contributed by atoms with Gasteiger partial charge in [-0.3, -0.25) is 4.98 Å². The number of aromatic nitrogens is 1. The van der Waals surface area contributed by atoms with Gasteiger partial charge in [-0.05, 0) is 50.5 Å². The molecule has 16 heavy (non-hydrogen) atoms. The first-order chi connectivity index (χ1) is 7.69. The van der Waals surface area contributed by atoms with Crippen molar-refractivity contribution in [3.05, 3.63) is 47.3 Å². The first-order valence-corrected chi connectivity index (χ1v) is 5.91. The monoisotopic (exact) mass is 217 g/mol.